The van der Waals surface area contributed by atoms with Crippen LogP contribution in [0.25, 0.3) is 5.57 Å². The summed E-state index contributed by atoms with van der Waals surface area (Å²) < 4.78 is 69.2. The van der Waals surface area contributed by atoms with Crippen LogP contribution in [0.1, 0.15) is 18.1 Å². The van der Waals surface area contributed by atoms with Gasteiger partial charge in [0, 0.05) is 17.5 Å². The third-order valence-corrected chi connectivity index (χ3v) is 3.99. The molecule has 23 heavy (non-hydrogen) atoms. The molecule has 2 rings (SSSR count). The summed E-state index contributed by atoms with van der Waals surface area (Å²) in [7, 11) is -5.85. The van der Waals surface area contributed by atoms with Crippen molar-refractivity contribution in [2.45, 2.75) is 18.9 Å². The van der Waals surface area contributed by atoms with Gasteiger partial charge in [-0.25, -0.2) is 0 Å². The van der Waals surface area contributed by atoms with E-state index < -0.39 is 21.4 Å². The van der Waals surface area contributed by atoms with Crippen LogP contribution in [0.2, 0.25) is 0 Å². The minimum atomic E-state index is -5.85. The number of halogens is 3. The summed E-state index contributed by atoms with van der Waals surface area (Å²) in [6.07, 6.45) is 1.62. The number of allylic oxidation sites excluding steroid dienone is 2. The summed E-state index contributed by atoms with van der Waals surface area (Å²) in [4.78, 5) is 10.8. The summed E-state index contributed by atoms with van der Waals surface area (Å²) in [5.41, 5.74) is -4.47. The average Bonchev–Trinajstić information content (AvgIpc) is 2.40. The van der Waals surface area contributed by atoms with Gasteiger partial charge in [-0.1, -0.05) is 6.58 Å². The molecule has 1 aromatic rings. The van der Waals surface area contributed by atoms with E-state index in [0.29, 0.717) is 17.4 Å². The highest BCUT2D eigenvalue weighted by Crippen LogP contribution is 2.41. The Morgan fingerprint density at radius 1 is 1.35 bits per heavy atom. The summed E-state index contributed by atoms with van der Waals surface area (Å²) in [6.45, 7) is 5.29. The van der Waals surface area contributed by atoms with Crippen LogP contribution in [0, 0.1) is 0 Å². The zero-order chi connectivity index (χ0) is 17.4. The Bertz CT molecular complexity index is 806. The lowest BCUT2D eigenvalue weighted by Gasteiger charge is -2.22. The lowest BCUT2D eigenvalue weighted by molar-refractivity contribution is -0.107. The number of carbonyl (C=O) groups is 1. The molecule has 1 aromatic carbocycles. The molecular weight excluding hydrogens is 337 g/mol. The number of fused-ring (bicyclic) bond motifs is 1. The number of hydrogen-bond acceptors (Lipinski definition) is 5. The molecule has 124 valence electrons. The molecule has 0 saturated heterocycles. The predicted octanol–water partition coefficient (Wildman–Crippen LogP) is 2.97. The van der Waals surface area contributed by atoms with E-state index >= 15 is 0 Å². The fourth-order valence-electron chi connectivity index (χ4n) is 2.04. The molecule has 0 aliphatic carbocycles. The Kier molecular flexibility index (Phi) is 4.25. The maximum Gasteiger partial charge on any atom is 0.534 e. The summed E-state index contributed by atoms with van der Waals surface area (Å²) in [6, 6.07) is 2.40. The average molecular weight is 348 g/mol. The van der Waals surface area contributed by atoms with Gasteiger partial charge in [-0.2, -0.15) is 21.6 Å². The lowest BCUT2D eigenvalue weighted by atomic mass is 9.98. The van der Waals surface area contributed by atoms with Gasteiger partial charge in [-0.15, -0.1) is 0 Å². The Morgan fingerprint density at radius 2 is 2.00 bits per heavy atom. The molecule has 0 radical (unpaired) electrons. The van der Waals surface area contributed by atoms with E-state index in [9.17, 15) is 26.4 Å². The topological polar surface area (TPSA) is 69.7 Å². The molecular formula is C14H11F3O5S. The van der Waals surface area contributed by atoms with Crippen molar-refractivity contribution in [1.82, 2.24) is 0 Å². The first-order valence-corrected chi connectivity index (χ1v) is 7.63. The molecule has 5 nitrogen and oxygen atoms in total. The van der Waals surface area contributed by atoms with Crippen molar-refractivity contribution in [3.63, 3.8) is 0 Å². The van der Waals surface area contributed by atoms with Gasteiger partial charge in [0.1, 0.15) is 23.5 Å². The monoisotopic (exact) mass is 348 g/mol. The van der Waals surface area contributed by atoms with Gasteiger partial charge in [0.05, 0.1) is 0 Å². The highest BCUT2D eigenvalue weighted by Gasteiger charge is 2.49. The maximum absolute atomic E-state index is 12.5. The molecule has 0 atom stereocenters. The van der Waals surface area contributed by atoms with Crippen molar-refractivity contribution in [1.29, 1.82) is 0 Å². The predicted molar refractivity (Wildman–Crippen MR) is 75.2 cm³/mol. The Hall–Kier alpha value is -2.29. The van der Waals surface area contributed by atoms with Crippen molar-refractivity contribution in [2.75, 3.05) is 0 Å². The van der Waals surface area contributed by atoms with Gasteiger partial charge in [-0.3, -0.25) is 0 Å². The molecule has 0 unspecified atom stereocenters. The number of benzene rings is 1. The van der Waals surface area contributed by atoms with Gasteiger partial charge in [0.15, 0.2) is 0 Å². The van der Waals surface area contributed by atoms with Crippen molar-refractivity contribution >= 4 is 22.0 Å². The third kappa shape index (κ3) is 3.24. The fourth-order valence-corrected chi connectivity index (χ4v) is 2.52. The van der Waals surface area contributed by atoms with E-state index in [-0.39, 0.29) is 23.5 Å². The van der Waals surface area contributed by atoms with Crippen LogP contribution >= 0.6 is 0 Å². The van der Waals surface area contributed by atoms with E-state index in [4.69, 9.17) is 4.74 Å². The van der Waals surface area contributed by atoms with Crippen molar-refractivity contribution < 1.29 is 35.3 Å². The largest absolute Gasteiger partial charge is 0.534 e. The quantitative estimate of drug-likeness (QED) is 0.475. The van der Waals surface area contributed by atoms with Crippen LogP contribution in [0.3, 0.4) is 0 Å². The molecule has 9 heteroatoms. The van der Waals surface area contributed by atoms with Gasteiger partial charge in [-0.05, 0) is 30.7 Å². The van der Waals surface area contributed by atoms with Crippen LogP contribution in [0.4, 0.5) is 13.2 Å². The molecule has 0 spiro atoms. The van der Waals surface area contributed by atoms with Crippen molar-refractivity contribution in [3.05, 3.63) is 41.7 Å². The number of hydrogen-bond donors (Lipinski definition) is 0. The SMILES string of the molecule is C=C1C=C(C)c2ccc(OS(=O)(=O)C(F)(F)F)c(CC=O)c2O1. The fraction of sp³-hybridized carbons (Fsp3) is 0.214. The zero-order valence-corrected chi connectivity index (χ0v) is 12.6. The summed E-state index contributed by atoms with van der Waals surface area (Å²) in [5.74, 6) is -0.356. The minimum absolute atomic E-state index is 0.0528. The highest BCUT2D eigenvalue weighted by molar-refractivity contribution is 7.88. The number of ether oxygens (including phenoxy) is 1. The van der Waals surface area contributed by atoms with Crippen LogP contribution < -0.4 is 8.92 Å². The highest BCUT2D eigenvalue weighted by atomic mass is 32.2. The Labute approximate surface area is 130 Å². The first kappa shape index (κ1) is 17.1. The van der Waals surface area contributed by atoms with Crippen LogP contribution in [-0.2, 0) is 21.3 Å². The second-order valence-corrected chi connectivity index (χ2v) is 6.21. The number of rotatable bonds is 4. The second-order valence-electron chi connectivity index (χ2n) is 4.67. The Morgan fingerprint density at radius 3 is 2.57 bits per heavy atom. The lowest BCUT2D eigenvalue weighted by Crippen LogP contribution is -2.28. The standard InChI is InChI=1S/C14H11F3O5S/c1-8-7-9(2)21-13-10(8)3-4-12(11(13)5-6-18)22-23(19,20)14(15,16)17/h3-4,6-7H,2,5H2,1H3. The van der Waals surface area contributed by atoms with Gasteiger partial charge in [0.25, 0.3) is 0 Å². The van der Waals surface area contributed by atoms with E-state index in [1.165, 1.54) is 6.07 Å². The van der Waals surface area contributed by atoms with Gasteiger partial charge in [0.2, 0.25) is 0 Å². The van der Waals surface area contributed by atoms with Gasteiger partial charge < -0.3 is 13.7 Å². The van der Waals surface area contributed by atoms with E-state index in [0.717, 1.165) is 6.07 Å². The van der Waals surface area contributed by atoms with E-state index in [1.54, 1.807) is 13.0 Å². The molecule has 1 heterocycles. The van der Waals surface area contributed by atoms with E-state index in [2.05, 4.69) is 10.8 Å². The number of alkyl halides is 3. The summed E-state index contributed by atoms with van der Waals surface area (Å²) >= 11 is 0. The molecule has 0 saturated carbocycles. The second kappa shape index (κ2) is 5.73. The molecule has 1 aliphatic rings. The molecule has 0 bridgehead atoms. The number of aldehydes is 1. The van der Waals surface area contributed by atoms with Gasteiger partial charge >= 0.3 is 15.6 Å². The van der Waals surface area contributed by atoms with Crippen molar-refractivity contribution in [2.24, 2.45) is 0 Å². The molecule has 1 aliphatic heterocycles. The summed E-state index contributed by atoms with van der Waals surface area (Å²) in [5, 5.41) is 0. The smallest absolute Gasteiger partial charge is 0.457 e. The first-order valence-electron chi connectivity index (χ1n) is 6.22. The molecule has 0 amide bonds. The number of carbonyl (C=O) groups excluding carboxylic acids is 1. The minimum Gasteiger partial charge on any atom is -0.457 e. The van der Waals surface area contributed by atoms with Crippen LogP contribution in [0.5, 0.6) is 11.5 Å². The molecule has 0 N–H and O–H groups in total. The zero-order valence-electron chi connectivity index (χ0n) is 11.8. The molecule has 0 aromatic heterocycles. The molecule has 0 fully saturated rings. The van der Waals surface area contributed by atoms with E-state index in [1.807, 2.05) is 0 Å². The van der Waals surface area contributed by atoms with Crippen LogP contribution in [-0.4, -0.2) is 20.2 Å². The third-order valence-electron chi connectivity index (χ3n) is 3.02. The van der Waals surface area contributed by atoms with Crippen LogP contribution in [0.15, 0.2) is 30.5 Å². The first-order chi connectivity index (χ1) is 10.6. The normalized spacial score (nSPS) is 14.6. The van der Waals surface area contributed by atoms with Crippen molar-refractivity contribution in [3.8, 4) is 11.5 Å². The maximum atomic E-state index is 12.5. The Balaban J connectivity index is 2.59.